The van der Waals surface area contributed by atoms with E-state index in [2.05, 4.69) is 40.1 Å². The van der Waals surface area contributed by atoms with E-state index in [1.165, 1.54) is 17.0 Å². The molecule has 1 unspecified atom stereocenters. The molecule has 1 saturated heterocycles. The Morgan fingerprint density at radius 1 is 1.07 bits per heavy atom. The van der Waals surface area contributed by atoms with E-state index < -0.39 is 11.6 Å². The number of benzene rings is 1. The third-order valence-corrected chi connectivity index (χ3v) is 6.84. The zero-order chi connectivity index (χ0) is 21.3. The van der Waals surface area contributed by atoms with Gasteiger partial charge < -0.3 is 5.32 Å². The minimum Gasteiger partial charge on any atom is -0.367 e. The van der Waals surface area contributed by atoms with Crippen LogP contribution in [-0.4, -0.2) is 34.0 Å². The normalized spacial score (nSPS) is 17.0. The van der Waals surface area contributed by atoms with Crippen molar-refractivity contribution in [3.8, 4) is 0 Å². The van der Waals surface area contributed by atoms with E-state index in [-0.39, 0.29) is 6.04 Å². The molecular formula is C23H28F2N4S. The Kier molecular flexibility index (Phi) is 6.29. The molecule has 0 saturated carbocycles. The molecule has 1 N–H and O–H groups in total. The van der Waals surface area contributed by atoms with Gasteiger partial charge in [0.15, 0.2) is 0 Å². The monoisotopic (exact) mass is 430 g/mol. The third-order valence-electron chi connectivity index (χ3n) is 5.78. The summed E-state index contributed by atoms with van der Waals surface area (Å²) in [5.41, 5.74) is 0.687. The fourth-order valence-electron chi connectivity index (χ4n) is 4.18. The van der Waals surface area contributed by atoms with Gasteiger partial charge in [0, 0.05) is 36.1 Å². The zero-order valence-corrected chi connectivity index (χ0v) is 18.5. The number of nitrogens with zero attached hydrogens (tertiary/aromatic N) is 3. The lowest BCUT2D eigenvalue weighted by Gasteiger charge is -2.36. The van der Waals surface area contributed by atoms with Crippen molar-refractivity contribution in [1.82, 2.24) is 14.9 Å². The van der Waals surface area contributed by atoms with Gasteiger partial charge in [-0.1, -0.05) is 13.8 Å². The van der Waals surface area contributed by atoms with E-state index in [0.29, 0.717) is 17.5 Å². The van der Waals surface area contributed by atoms with Crippen molar-refractivity contribution in [3.63, 3.8) is 0 Å². The number of rotatable bonds is 6. The molecule has 2 aromatic heterocycles. The highest BCUT2D eigenvalue weighted by Gasteiger charge is 2.25. The summed E-state index contributed by atoms with van der Waals surface area (Å²) in [5.74, 6) is 0.479. The van der Waals surface area contributed by atoms with Crippen LogP contribution in [-0.2, 0) is 6.42 Å². The highest BCUT2D eigenvalue weighted by molar-refractivity contribution is 7.18. The third kappa shape index (κ3) is 4.78. The van der Waals surface area contributed by atoms with Crippen molar-refractivity contribution in [2.45, 2.75) is 52.1 Å². The van der Waals surface area contributed by atoms with Gasteiger partial charge in [-0.25, -0.2) is 18.7 Å². The van der Waals surface area contributed by atoms with Crippen LogP contribution in [0.5, 0.6) is 0 Å². The van der Waals surface area contributed by atoms with Crippen LogP contribution in [0.2, 0.25) is 0 Å². The lowest BCUT2D eigenvalue weighted by atomic mass is 10.00. The number of aromatic nitrogens is 2. The van der Waals surface area contributed by atoms with Crippen LogP contribution in [0.4, 0.5) is 14.6 Å². The molecule has 0 radical (unpaired) electrons. The number of fused-ring (bicyclic) bond motifs is 1. The highest BCUT2D eigenvalue weighted by Crippen LogP contribution is 2.31. The van der Waals surface area contributed by atoms with Crippen molar-refractivity contribution in [1.29, 1.82) is 0 Å². The van der Waals surface area contributed by atoms with Gasteiger partial charge in [-0.05, 0) is 55.9 Å². The van der Waals surface area contributed by atoms with E-state index >= 15 is 0 Å². The summed E-state index contributed by atoms with van der Waals surface area (Å²) in [5, 5.41) is 4.72. The van der Waals surface area contributed by atoms with Gasteiger partial charge >= 0.3 is 0 Å². The largest absolute Gasteiger partial charge is 0.367 e. The quantitative estimate of drug-likeness (QED) is 0.536. The topological polar surface area (TPSA) is 41.0 Å². The van der Waals surface area contributed by atoms with Crippen LogP contribution in [0.15, 0.2) is 30.6 Å². The van der Waals surface area contributed by atoms with Crippen LogP contribution in [0.25, 0.3) is 10.2 Å². The van der Waals surface area contributed by atoms with E-state index in [1.807, 2.05) is 6.92 Å². The maximum atomic E-state index is 13.6. The second-order valence-corrected chi connectivity index (χ2v) is 9.70. The maximum Gasteiger partial charge on any atom is 0.138 e. The molecule has 30 heavy (non-hydrogen) atoms. The van der Waals surface area contributed by atoms with Crippen molar-refractivity contribution in [2.24, 2.45) is 5.92 Å². The molecule has 1 aromatic carbocycles. The molecule has 3 aromatic rings. The van der Waals surface area contributed by atoms with Crippen molar-refractivity contribution in [3.05, 3.63) is 52.7 Å². The summed E-state index contributed by atoms with van der Waals surface area (Å²) in [7, 11) is 0. The van der Waals surface area contributed by atoms with Crippen molar-refractivity contribution in [2.75, 3.05) is 18.4 Å². The average molecular weight is 431 g/mol. The zero-order valence-electron chi connectivity index (χ0n) is 17.7. The Bertz CT molecular complexity index is 991. The number of halogens is 2. The molecule has 7 heteroatoms. The number of piperidine rings is 1. The molecule has 4 nitrogen and oxygen atoms in total. The molecule has 3 heterocycles. The van der Waals surface area contributed by atoms with E-state index in [0.717, 1.165) is 54.5 Å². The predicted molar refractivity (Wildman–Crippen MR) is 119 cm³/mol. The first-order chi connectivity index (χ1) is 14.4. The van der Waals surface area contributed by atoms with E-state index in [1.54, 1.807) is 17.7 Å². The van der Waals surface area contributed by atoms with E-state index in [9.17, 15) is 8.78 Å². The first-order valence-corrected chi connectivity index (χ1v) is 11.4. The Balaban J connectivity index is 1.40. The minimum absolute atomic E-state index is 0.0163. The van der Waals surface area contributed by atoms with Crippen LogP contribution in [0.1, 0.15) is 50.1 Å². The number of anilines is 1. The first-order valence-electron chi connectivity index (χ1n) is 10.6. The second kappa shape index (κ2) is 8.94. The lowest BCUT2D eigenvalue weighted by Crippen LogP contribution is -2.40. The molecule has 1 aliphatic rings. The van der Waals surface area contributed by atoms with Gasteiger partial charge in [-0.3, -0.25) is 4.90 Å². The maximum absolute atomic E-state index is 13.6. The molecular weight excluding hydrogens is 402 g/mol. The molecule has 1 fully saturated rings. The first kappa shape index (κ1) is 21.1. The molecule has 1 atom stereocenters. The molecule has 0 amide bonds. The van der Waals surface area contributed by atoms with Crippen LogP contribution in [0.3, 0.4) is 0 Å². The number of hydrogen-bond donors (Lipinski definition) is 1. The van der Waals surface area contributed by atoms with Gasteiger partial charge in [0.2, 0.25) is 0 Å². The van der Waals surface area contributed by atoms with Crippen LogP contribution < -0.4 is 5.32 Å². The Morgan fingerprint density at radius 3 is 2.43 bits per heavy atom. The molecule has 0 spiro atoms. The molecule has 4 rings (SSSR count). The SMILES string of the molecule is CC(C)Cc1cc2c(NC3CCN(C(C)c4cc(F)cc(F)c4)CC3)ncnc2s1. The van der Waals surface area contributed by atoms with Crippen molar-refractivity contribution >= 4 is 27.4 Å². The Hall–Kier alpha value is -2.12. The summed E-state index contributed by atoms with van der Waals surface area (Å²) in [4.78, 5) is 13.6. The molecule has 0 aliphatic carbocycles. The standard InChI is InChI=1S/C23H28F2N4S/c1-14(2)8-20-12-21-22(26-13-27-23(21)30-20)28-19-4-6-29(7-5-19)15(3)16-9-17(24)11-18(25)10-16/h9-15,19H,4-8H2,1-3H3,(H,26,27,28). The Labute approximate surface area is 180 Å². The number of likely N-dealkylation sites (tertiary alicyclic amines) is 1. The highest BCUT2D eigenvalue weighted by atomic mass is 32.1. The Morgan fingerprint density at radius 2 is 1.77 bits per heavy atom. The van der Waals surface area contributed by atoms with Gasteiger partial charge in [0.25, 0.3) is 0 Å². The van der Waals surface area contributed by atoms with Gasteiger partial charge in [-0.2, -0.15) is 0 Å². The summed E-state index contributed by atoms with van der Waals surface area (Å²) in [6, 6.07) is 6.31. The minimum atomic E-state index is -0.520. The second-order valence-electron chi connectivity index (χ2n) is 8.59. The van der Waals surface area contributed by atoms with Gasteiger partial charge in [-0.15, -0.1) is 11.3 Å². The van der Waals surface area contributed by atoms with Gasteiger partial charge in [0.05, 0.1) is 5.39 Å². The van der Waals surface area contributed by atoms with Crippen LogP contribution >= 0.6 is 11.3 Å². The fourth-order valence-corrected chi connectivity index (χ4v) is 5.38. The molecule has 0 bridgehead atoms. The van der Waals surface area contributed by atoms with Gasteiger partial charge in [0.1, 0.15) is 28.6 Å². The lowest BCUT2D eigenvalue weighted by molar-refractivity contribution is 0.167. The van der Waals surface area contributed by atoms with E-state index in [4.69, 9.17) is 0 Å². The fraction of sp³-hybridized carbons (Fsp3) is 0.478. The smallest absolute Gasteiger partial charge is 0.138 e. The summed E-state index contributed by atoms with van der Waals surface area (Å²) >= 11 is 1.75. The number of thiophene rings is 1. The summed E-state index contributed by atoms with van der Waals surface area (Å²) in [6.07, 6.45) is 4.60. The average Bonchev–Trinajstić information content (AvgIpc) is 3.10. The van der Waals surface area contributed by atoms with Crippen LogP contribution in [0, 0.1) is 17.6 Å². The van der Waals surface area contributed by atoms with Crippen molar-refractivity contribution < 1.29 is 8.78 Å². The summed E-state index contributed by atoms with van der Waals surface area (Å²) < 4.78 is 27.2. The molecule has 160 valence electrons. The summed E-state index contributed by atoms with van der Waals surface area (Å²) in [6.45, 7) is 8.20. The molecule has 1 aliphatic heterocycles. The number of hydrogen-bond acceptors (Lipinski definition) is 5. The predicted octanol–water partition coefficient (Wildman–Crippen LogP) is 5.81. The number of nitrogens with one attached hydrogen (secondary N) is 1.